The van der Waals surface area contributed by atoms with Gasteiger partial charge >= 0.3 is 0 Å². The highest BCUT2D eigenvalue weighted by atomic mass is 35.5. The minimum absolute atomic E-state index is 0.135. The average molecular weight is 312 g/mol. The first-order valence-corrected chi connectivity index (χ1v) is 7.01. The molecule has 0 atom stereocenters. The predicted molar refractivity (Wildman–Crippen MR) is 80.5 cm³/mol. The normalized spacial score (nSPS) is 10.7. The third kappa shape index (κ3) is 3.52. The first-order valence-electron chi connectivity index (χ1n) is 6.64. The van der Waals surface area contributed by atoms with Crippen molar-refractivity contribution in [2.75, 3.05) is 11.4 Å². The molecule has 2 nitrogen and oxygen atoms in total. The summed E-state index contributed by atoms with van der Waals surface area (Å²) < 4.78 is 27.0. The van der Waals surface area contributed by atoms with E-state index in [1.165, 1.54) is 6.07 Å². The lowest BCUT2D eigenvalue weighted by Gasteiger charge is -2.24. The van der Waals surface area contributed by atoms with Gasteiger partial charge in [0.15, 0.2) is 11.6 Å². The molecule has 0 saturated heterocycles. The minimum Gasteiger partial charge on any atom is -0.392 e. The molecule has 0 aliphatic carbocycles. The Morgan fingerprint density at radius 3 is 2.52 bits per heavy atom. The van der Waals surface area contributed by atoms with Crippen molar-refractivity contribution < 1.29 is 13.9 Å². The van der Waals surface area contributed by atoms with E-state index >= 15 is 0 Å². The van der Waals surface area contributed by atoms with Crippen molar-refractivity contribution in [3.05, 3.63) is 64.2 Å². The Morgan fingerprint density at radius 1 is 1.14 bits per heavy atom. The van der Waals surface area contributed by atoms with Gasteiger partial charge in [0, 0.05) is 29.4 Å². The van der Waals surface area contributed by atoms with Gasteiger partial charge in [0.1, 0.15) is 0 Å². The molecule has 112 valence electrons. The molecule has 0 amide bonds. The van der Waals surface area contributed by atoms with E-state index in [0.717, 1.165) is 11.8 Å². The zero-order chi connectivity index (χ0) is 15.4. The lowest BCUT2D eigenvalue weighted by atomic mass is 10.1. The second-order valence-electron chi connectivity index (χ2n) is 4.66. The van der Waals surface area contributed by atoms with E-state index in [2.05, 4.69) is 0 Å². The molecule has 0 bridgehead atoms. The van der Waals surface area contributed by atoms with Crippen LogP contribution in [-0.4, -0.2) is 11.7 Å². The Kier molecular flexibility index (Phi) is 5.15. The number of hydrogen-bond acceptors (Lipinski definition) is 2. The van der Waals surface area contributed by atoms with Crippen molar-refractivity contribution in [2.24, 2.45) is 0 Å². The van der Waals surface area contributed by atoms with E-state index in [4.69, 9.17) is 16.7 Å². The first kappa shape index (κ1) is 15.7. The van der Waals surface area contributed by atoms with E-state index < -0.39 is 11.6 Å². The molecule has 2 aromatic rings. The largest absolute Gasteiger partial charge is 0.392 e. The molecule has 0 spiro atoms. The monoisotopic (exact) mass is 311 g/mol. The quantitative estimate of drug-likeness (QED) is 0.897. The number of rotatable bonds is 5. The van der Waals surface area contributed by atoms with E-state index in [-0.39, 0.29) is 13.2 Å². The Labute approximate surface area is 127 Å². The van der Waals surface area contributed by atoms with Gasteiger partial charge in [-0.3, -0.25) is 0 Å². The summed E-state index contributed by atoms with van der Waals surface area (Å²) in [5, 5.41) is 9.57. The van der Waals surface area contributed by atoms with Crippen LogP contribution in [0.3, 0.4) is 0 Å². The highest BCUT2D eigenvalue weighted by Gasteiger charge is 2.13. The average Bonchev–Trinajstić information content (AvgIpc) is 2.48. The number of benzene rings is 2. The van der Waals surface area contributed by atoms with Crippen molar-refractivity contribution in [2.45, 2.75) is 20.1 Å². The number of nitrogens with zero attached hydrogens (tertiary/aromatic N) is 1. The van der Waals surface area contributed by atoms with Crippen molar-refractivity contribution in [1.29, 1.82) is 0 Å². The molecule has 0 radical (unpaired) electrons. The Morgan fingerprint density at radius 2 is 1.90 bits per heavy atom. The number of halogens is 3. The van der Waals surface area contributed by atoms with Gasteiger partial charge in [-0.15, -0.1) is 0 Å². The van der Waals surface area contributed by atoms with Crippen LogP contribution in [0.5, 0.6) is 0 Å². The zero-order valence-electron chi connectivity index (χ0n) is 11.6. The van der Waals surface area contributed by atoms with Crippen LogP contribution in [0.2, 0.25) is 5.02 Å². The van der Waals surface area contributed by atoms with Crippen LogP contribution in [0.1, 0.15) is 18.1 Å². The number of hydrogen-bond donors (Lipinski definition) is 1. The molecule has 0 fully saturated rings. The molecule has 0 aliphatic heterocycles. The van der Waals surface area contributed by atoms with Gasteiger partial charge in [0.25, 0.3) is 0 Å². The smallest absolute Gasteiger partial charge is 0.163 e. The van der Waals surface area contributed by atoms with Crippen LogP contribution in [0.4, 0.5) is 14.5 Å². The van der Waals surface area contributed by atoms with Crippen LogP contribution in [0.25, 0.3) is 0 Å². The fraction of sp³-hybridized carbons (Fsp3) is 0.250. The topological polar surface area (TPSA) is 23.5 Å². The molecule has 0 aliphatic rings. The number of anilines is 1. The summed E-state index contributed by atoms with van der Waals surface area (Å²) in [6, 6.07) is 9.39. The number of aliphatic hydroxyl groups excluding tert-OH is 1. The highest BCUT2D eigenvalue weighted by Crippen LogP contribution is 2.25. The molecule has 0 unspecified atom stereocenters. The third-order valence-electron chi connectivity index (χ3n) is 3.35. The maximum atomic E-state index is 13.8. The Hall–Kier alpha value is -1.65. The molecular formula is C16H16ClF2NO. The standard InChI is InChI=1S/C16H16ClF2NO/c1-2-20(9-11-4-3-5-15(18)16(11)19)13-7-6-12(10-21)14(17)8-13/h3-8,21H,2,9-10H2,1H3. The highest BCUT2D eigenvalue weighted by molar-refractivity contribution is 6.31. The van der Waals surface area contributed by atoms with Gasteiger partial charge in [0.2, 0.25) is 0 Å². The fourth-order valence-corrected chi connectivity index (χ4v) is 2.36. The maximum Gasteiger partial charge on any atom is 0.163 e. The van der Waals surface area contributed by atoms with Gasteiger partial charge in [-0.05, 0) is 30.7 Å². The summed E-state index contributed by atoms with van der Waals surface area (Å²) in [5.41, 5.74) is 1.72. The van der Waals surface area contributed by atoms with Crippen molar-refractivity contribution in [3.8, 4) is 0 Å². The van der Waals surface area contributed by atoms with Gasteiger partial charge in [0.05, 0.1) is 6.61 Å². The van der Waals surface area contributed by atoms with Gasteiger partial charge < -0.3 is 10.0 Å². The van der Waals surface area contributed by atoms with Gasteiger partial charge in [-0.1, -0.05) is 29.8 Å². The van der Waals surface area contributed by atoms with Crippen molar-refractivity contribution in [1.82, 2.24) is 0 Å². The molecule has 2 rings (SSSR count). The molecule has 1 N–H and O–H groups in total. The van der Waals surface area contributed by atoms with E-state index in [1.807, 2.05) is 11.8 Å². The molecule has 2 aromatic carbocycles. The lowest BCUT2D eigenvalue weighted by Crippen LogP contribution is -2.23. The van der Waals surface area contributed by atoms with E-state index in [0.29, 0.717) is 22.7 Å². The van der Waals surface area contributed by atoms with E-state index in [1.54, 1.807) is 24.3 Å². The predicted octanol–water partition coefficient (Wildman–Crippen LogP) is 4.14. The van der Waals surface area contributed by atoms with Crippen LogP contribution >= 0.6 is 11.6 Å². The molecule has 5 heteroatoms. The van der Waals surface area contributed by atoms with Crippen LogP contribution < -0.4 is 4.90 Å². The van der Waals surface area contributed by atoms with Gasteiger partial charge in [-0.25, -0.2) is 8.78 Å². The minimum atomic E-state index is -0.850. The van der Waals surface area contributed by atoms with E-state index in [9.17, 15) is 8.78 Å². The maximum absolute atomic E-state index is 13.8. The SMILES string of the molecule is CCN(Cc1cccc(F)c1F)c1ccc(CO)c(Cl)c1. The summed E-state index contributed by atoms with van der Waals surface area (Å²) in [6.45, 7) is 2.65. The molecule has 0 aromatic heterocycles. The summed E-state index contributed by atoms with van der Waals surface area (Å²) in [7, 11) is 0. The molecule has 0 heterocycles. The molecular weight excluding hydrogens is 296 g/mol. The van der Waals surface area contributed by atoms with Crippen molar-refractivity contribution >= 4 is 17.3 Å². The molecule has 0 saturated carbocycles. The van der Waals surface area contributed by atoms with Gasteiger partial charge in [-0.2, -0.15) is 0 Å². The first-order chi connectivity index (χ1) is 10.1. The third-order valence-corrected chi connectivity index (χ3v) is 3.70. The summed E-state index contributed by atoms with van der Waals surface area (Å²) >= 11 is 6.07. The second-order valence-corrected chi connectivity index (χ2v) is 5.07. The zero-order valence-corrected chi connectivity index (χ0v) is 12.4. The summed E-state index contributed by atoms with van der Waals surface area (Å²) in [4.78, 5) is 1.88. The second kappa shape index (κ2) is 6.87. The van der Waals surface area contributed by atoms with Crippen molar-refractivity contribution in [3.63, 3.8) is 0 Å². The Balaban J connectivity index is 2.28. The summed E-state index contributed by atoms with van der Waals surface area (Å²) in [5.74, 6) is -1.67. The van der Waals surface area contributed by atoms with Crippen LogP contribution in [0.15, 0.2) is 36.4 Å². The lowest BCUT2D eigenvalue weighted by molar-refractivity contribution is 0.282. The Bertz CT molecular complexity index is 634. The van der Waals surface area contributed by atoms with Crippen LogP contribution in [0, 0.1) is 11.6 Å². The summed E-state index contributed by atoms with van der Waals surface area (Å²) in [6.07, 6.45) is 0. The fourth-order valence-electron chi connectivity index (χ4n) is 2.12. The van der Waals surface area contributed by atoms with Crippen LogP contribution in [-0.2, 0) is 13.2 Å². The number of aliphatic hydroxyl groups is 1. The molecule has 21 heavy (non-hydrogen) atoms.